The Morgan fingerprint density at radius 2 is 1.50 bits per heavy atom. The fourth-order valence-corrected chi connectivity index (χ4v) is 0. The predicted octanol–water partition coefficient (Wildman–Crippen LogP) is 0.243. The number of hydrogen-bond donors (Lipinski definition) is 0. The van der Waals surface area contributed by atoms with Gasteiger partial charge >= 0.3 is 36.4 Å². The zero-order valence-electron chi connectivity index (χ0n) is 1.76. The van der Waals surface area contributed by atoms with Gasteiger partial charge in [-0.2, -0.15) is 0 Å². The van der Waals surface area contributed by atoms with Gasteiger partial charge in [-0.25, -0.2) is 0 Å². The van der Waals surface area contributed by atoms with Gasteiger partial charge < -0.3 is 0 Å². The second-order valence-corrected chi connectivity index (χ2v) is 3.90. The van der Waals surface area contributed by atoms with Crippen molar-refractivity contribution < 1.29 is 9.13 Å². The first kappa shape index (κ1) is 4.70. The summed E-state index contributed by atoms with van der Waals surface area (Å²) in [6.45, 7) is 0. The van der Waals surface area contributed by atoms with Crippen LogP contribution in [0, 0.1) is 0 Å². The van der Waals surface area contributed by atoms with Crippen LogP contribution in [0.2, 0.25) is 0 Å². The summed E-state index contributed by atoms with van der Waals surface area (Å²) in [5, 5.41) is -2.03. The van der Waals surface area contributed by atoms with Crippen molar-refractivity contribution in [1.29, 1.82) is 0 Å². The van der Waals surface area contributed by atoms with Gasteiger partial charge in [0, 0.05) is 0 Å². The fourth-order valence-electron chi connectivity index (χ4n) is 0. The molecule has 0 saturated carbocycles. The monoisotopic (exact) mass is 183 g/mol. The van der Waals surface area contributed by atoms with Crippen LogP contribution in [-0.2, 0) is 9.13 Å². The first-order valence-electron chi connectivity index (χ1n) is 0.589. The van der Waals surface area contributed by atoms with E-state index in [-0.39, 0.29) is 0 Å². The van der Waals surface area contributed by atoms with Crippen LogP contribution in [0.15, 0.2) is 0 Å². The SMILES string of the molecule is O=[P](=O)[Sn]. The summed E-state index contributed by atoms with van der Waals surface area (Å²) in [5.74, 6) is 0. The van der Waals surface area contributed by atoms with Crippen LogP contribution >= 0.6 is 5.33 Å². The van der Waals surface area contributed by atoms with Crippen LogP contribution in [-0.4, -0.2) is 22.0 Å². The second kappa shape index (κ2) is 1.97. The maximum atomic E-state index is 9.08. The molecule has 0 N–H and O–H groups in total. The summed E-state index contributed by atoms with van der Waals surface area (Å²) in [6.07, 6.45) is 0. The van der Waals surface area contributed by atoms with Gasteiger partial charge in [0.05, 0.1) is 0 Å². The molecule has 0 heterocycles. The topological polar surface area (TPSA) is 34.1 Å². The van der Waals surface area contributed by atoms with Crippen molar-refractivity contribution in [2.24, 2.45) is 0 Å². The van der Waals surface area contributed by atoms with Gasteiger partial charge in [-0.3, -0.25) is 0 Å². The Morgan fingerprint density at radius 3 is 1.50 bits per heavy atom. The van der Waals surface area contributed by atoms with Crippen LogP contribution in [0.5, 0.6) is 0 Å². The average Bonchev–Trinajstić information content (AvgIpc) is 0.811. The molecular formula is O2PSn. The van der Waals surface area contributed by atoms with Crippen LogP contribution in [0.3, 0.4) is 0 Å². The van der Waals surface area contributed by atoms with Gasteiger partial charge in [-0.15, -0.1) is 0 Å². The zero-order chi connectivity index (χ0) is 3.58. The zero-order valence-corrected chi connectivity index (χ0v) is 5.51. The summed E-state index contributed by atoms with van der Waals surface area (Å²) in [4.78, 5) is 0. The summed E-state index contributed by atoms with van der Waals surface area (Å²) in [6, 6.07) is 0. The molecular weight excluding hydrogens is 182 g/mol. The molecule has 0 fully saturated rings. The third kappa shape index (κ3) is 16.0. The Balaban J connectivity index is 3.51. The van der Waals surface area contributed by atoms with Crippen LogP contribution in [0.25, 0.3) is 0 Å². The molecule has 0 aliphatic heterocycles. The number of hydrogen-bond acceptors (Lipinski definition) is 2. The third-order valence-corrected chi connectivity index (χ3v) is 0. The fraction of sp³-hybridized carbons (Fsp3) is 0. The quantitative estimate of drug-likeness (QED) is 0.397. The molecule has 0 aromatic carbocycles. The molecule has 0 aliphatic carbocycles. The Labute approximate surface area is 36.8 Å². The summed E-state index contributed by atoms with van der Waals surface area (Å²) >= 11 is 0.590. The molecule has 0 spiro atoms. The molecule has 0 bridgehead atoms. The minimum absolute atomic E-state index is 0.590. The molecule has 0 aromatic rings. The van der Waals surface area contributed by atoms with Gasteiger partial charge in [0.2, 0.25) is 0 Å². The first-order valence-corrected chi connectivity index (χ1v) is 5.60. The Bertz CT molecular complexity index is 54.4. The van der Waals surface area contributed by atoms with E-state index in [9.17, 15) is 0 Å². The van der Waals surface area contributed by atoms with Crippen molar-refractivity contribution in [3.05, 3.63) is 0 Å². The predicted molar refractivity (Wildman–Crippen MR) is 14.0 cm³/mol. The van der Waals surface area contributed by atoms with E-state index in [4.69, 9.17) is 9.13 Å². The third-order valence-electron chi connectivity index (χ3n) is 0. The minimum atomic E-state index is -2.03. The number of rotatable bonds is 0. The molecule has 0 saturated heterocycles. The van der Waals surface area contributed by atoms with Crippen molar-refractivity contribution in [2.75, 3.05) is 0 Å². The summed E-state index contributed by atoms with van der Waals surface area (Å²) in [5.41, 5.74) is 0. The van der Waals surface area contributed by atoms with Gasteiger partial charge in [0.25, 0.3) is 0 Å². The van der Waals surface area contributed by atoms with Crippen LogP contribution in [0.4, 0.5) is 0 Å². The van der Waals surface area contributed by atoms with Gasteiger partial charge in [0.1, 0.15) is 0 Å². The Kier molecular flexibility index (Phi) is 2.31. The van der Waals surface area contributed by atoms with E-state index in [0.717, 1.165) is 0 Å². The van der Waals surface area contributed by atoms with Crippen molar-refractivity contribution >= 4 is 27.3 Å². The van der Waals surface area contributed by atoms with E-state index in [0.29, 0.717) is 22.0 Å². The van der Waals surface area contributed by atoms with Crippen molar-refractivity contribution in [3.8, 4) is 0 Å². The van der Waals surface area contributed by atoms with Crippen molar-refractivity contribution in [2.45, 2.75) is 0 Å². The molecule has 0 rings (SSSR count). The van der Waals surface area contributed by atoms with Crippen molar-refractivity contribution in [3.63, 3.8) is 0 Å². The van der Waals surface area contributed by atoms with E-state index in [2.05, 4.69) is 0 Å². The van der Waals surface area contributed by atoms with E-state index in [1.54, 1.807) is 0 Å². The van der Waals surface area contributed by atoms with E-state index < -0.39 is 5.33 Å². The molecule has 21 valence electrons. The Hall–Kier alpha value is 0.699. The average molecular weight is 182 g/mol. The molecule has 0 unspecified atom stereocenters. The molecule has 0 atom stereocenters. The van der Waals surface area contributed by atoms with Gasteiger partial charge in [-0.1, -0.05) is 0 Å². The molecule has 0 aliphatic rings. The molecule has 2 nitrogen and oxygen atoms in total. The molecule has 4 heteroatoms. The molecule has 0 amide bonds. The van der Waals surface area contributed by atoms with E-state index >= 15 is 0 Å². The second-order valence-electron chi connectivity index (χ2n) is 0.257. The molecule has 4 heavy (non-hydrogen) atoms. The van der Waals surface area contributed by atoms with E-state index in [1.807, 2.05) is 0 Å². The standard InChI is InChI=1S/O2P.Sn/c1-3-2;. The van der Waals surface area contributed by atoms with Gasteiger partial charge in [-0.05, 0) is 0 Å². The van der Waals surface area contributed by atoms with Gasteiger partial charge in [0.15, 0.2) is 0 Å². The van der Waals surface area contributed by atoms with E-state index in [1.165, 1.54) is 0 Å². The Morgan fingerprint density at radius 1 is 1.50 bits per heavy atom. The summed E-state index contributed by atoms with van der Waals surface area (Å²) in [7, 11) is 0. The normalized spacial score (nSPS) is 6.25. The van der Waals surface area contributed by atoms with Crippen LogP contribution < -0.4 is 0 Å². The van der Waals surface area contributed by atoms with Crippen molar-refractivity contribution in [1.82, 2.24) is 0 Å². The summed E-state index contributed by atoms with van der Waals surface area (Å²) < 4.78 is 18.2. The molecule has 0 aromatic heterocycles. The van der Waals surface area contributed by atoms with Crippen LogP contribution in [0.1, 0.15) is 0 Å². The molecule has 3 radical (unpaired) electrons. The maximum absolute atomic E-state index is 9.08. The first-order chi connectivity index (χ1) is 1.73.